The van der Waals surface area contributed by atoms with Crippen molar-refractivity contribution in [3.8, 4) is 0 Å². The normalized spacial score (nSPS) is 10.3. The Morgan fingerprint density at radius 1 is 1.26 bits per heavy atom. The lowest BCUT2D eigenvalue weighted by molar-refractivity contribution is 0.102. The first-order chi connectivity index (χ1) is 9.10. The van der Waals surface area contributed by atoms with E-state index in [-0.39, 0.29) is 5.56 Å². The summed E-state index contributed by atoms with van der Waals surface area (Å²) in [5.41, 5.74) is 7.01. The fraction of sp³-hybridized carbons (Fsp3) is 0.0714. The summed E-state index contributed by atoms with van der Waals surface area (Å²) in [6.07, 6.45) is 0. The molecule has 0 radical (unpaired) electrons. The van der Waals surface area contributed by atoms with Crippen molar-refractivity contribution >= 4 is 27.5 Å². The Morgan fingerprint density at radius 2 is 2.05 bits per heavy atom. The van der Waals surface area contributed by atoms with E-state index in [1.807, 2.05) is 6.07 Å². The van der Waals surface area contributed by atoms with Gasteiger partial charge in [-0.25, -0.2) is 4.39 Å². The zero-order valence-corrected chi connectivity index (χ0v) is 11.6. The number of nitrogens with one attached hydrogen (secondary N) is 1. The Bertz CT molecular complexity index is 616. The van der Waals surface area contributed by atoms with Crippen LogP contribution in [0.1, 0.15) is 15.9 Å². The molecule has 2 rings (SSSR count). The lowest BCUT2D eigenvalue weighted by atomic mass is 10.1. The molecule has 0 aromatic heterocycles. The predicted octanol–water partition coefficient (Wildman–Crippen LogP) is 3.30. The topological polar surface area (TPSA) is 55.1 Å². The molecule has 5 heteroatoms. The number of halogens is 2. The minimum atomic E-state index is -0.568. The second-order valence-corrected chi connectivity index (χ2v) is 4.90. The summed E-state index contributed by atoms with van der Waals surface area (Å²) >= 11 is 3.15. The van der Waals surface area contributed by atoms with Gasteiger partial charge in [-0.15, -0.1) is 0 Å². The van der Waals surface area contributed by atoms with Crippen LogP contribution in [0.5, 0.6) is 0 Å². The van der Waals surface area contributed by atoms with Gasteiger partial charge in [-0.2, -0.15) is 0 Å². The molecule has 0 saturated heterocycles. The number of carbonyl (C=O) groups excluding carboxylic acids is 1. The lowest BCUT2D eigenvalue weighted by Crippen LogP contribution is -2.14. The van der Waals surface area contributed by atoms with Gasteiger partial charge in [-0.05, 0) is 35.9 Å². The maximum atomic E-state index is 13.6. The molecule has 0 heterocycles. The van der Waals surface area contributed by atoms with Crippen molar-refractivity contribution in [2.45, 2.75) is 6.54 Å². The number of carbonyl (C=O) groups is 1. The standard InChI is InChI=1S/C14H12BrFN2O/c15-10-4-5-12(13(16)7-10)14(19)18-11-3-1-2-9(6-11)8-17/h1-7H,8,17H2,(H,18,19). The zero-order chi connectivity index (χ0) is 13.8. The molecule has 19 heavy (non-hydrogen) atoms. The largest absolute Gasteiger partial charge is 0.326 e. The number of benzene rings is 2. The Kier molecular flexibility index (Phi) is 4.29. The smallest absolute Gasteiger partial charge is 0.258 e. The van der Waals surface area contributed by atoms with Gasteiger partial charge in [0.1, 0.15) is 5.82 Å². The average molecular weight is 323 g/mol. The van der Waals surface area contributed by atoms with Crippen LogP contribution in [0.25, 0.3) is 0 Å². The Balaban J connectivity index is 2.20. The van der Waals surface area contributed by atoms with Gasteiger partial charge >= 0.3 is 0 Å². The monoisotopic (exact) mass is 322 g/mol. The second kappa shape index (κ2) is 5.95. The first-order valence-corrected chi connectivity index (χ1v) is 6.45. The van der Waals surface area contributed by atoms with Crippen molar-refractivity contribution in [3.63, 3.8) is 0 Å². The molecule has 0 saturated carbocycles. The lowest BCUT2D eigenvalue weighted by Gasteiger charge is -2.07. The van der Waals surface area contributed by atoms with E-state index in [4.69, 9.17) is 5.73 Å². The van der Waals surface area contributed by atoms with Gasteiger partial charge < -0.3 is 11.1 Å². The Labute approximate surface area is 118 Å². The molecule has 0 unspecified atom stereocenters. The van der Waals surface area contributed by atoms with Crippen LogP contribution in [0.15, 0.2) is 46.9 Å². The van der Waals surface area contributed by atoms with E-state index in [1.54, 1.807) is 24.3 Å². The van der Waals surface area contributed by atoms with Gasteiger partial charge in [0.15, 0.2) is 0 Å². The molecule has 0 spiro atoms. The van der Waals surface area contributed by atoms with E-state index < -0.39 is 11.7 Å². The van der Waals surface area contributed by atoms with Gasteiger partial charge in [-0.3, -0.25) is 4.79 Å². The minimum Gasteiger partial charge on any atom is -0.326 e. The number of anilines is 1. The third-order valence-electron chi connectivity index (χ3n) is 2.60. The van der Waals surface area contributed by atoms with Crippen LogP contribution in [0.3, 0.4) is 0 Å². The van der Waals surface area contributed by atoms with Crippen LogP contribution in [-0.2, 0) is 6.54 Å². The van der Waals surface area contributed by atoms with Crippen LogP contribution in [0, 0.1) is 5.82 Å². The Hall–Kier alpha value is -1.72. The summed E-state index contributed by atoms with van der Waals surface area (Å²) < 4.78 is 14.2. The van der Waals surface area contributed by atoms with Crippen molar-refractivity contribution in [2.75, 3.05) is 5.32 Å². The van der Waals surface area contributed by atoms with Crippen molar-refractivity contribution in [1.82, 2.24) is 0 Å². The zero-order valence-electron chi connectivity index (χ0n) is 9.99. The maximum absolute atomic E-state index is 13.6. The first kappa shape index (κ1) is 13.7. The highest BCUT2D eigenvalue weighted by Crippen LogP contribution is 2.17. The highest BCUT2D eigenvalue weighted by atomic mass is 79.9. The number of nitrogens with two attached hydrogens (primary N) is 1. The molecular formula is C14H12BrFN2O. The Morgan fingerprint density at radius 3 is 2.74 bits per heavy atom. The fourth-order valence-corrected chi connectivity index (χ4v) is 1.98. The van der Waals surface area contributed by atoms with E-state index >= 15 is 0 Å². The van der Waals surface area contributed by atoms with Crippen LogP contribution < -0.4 is 11.1 Å². The maximum Gasteiger partial charge on any atom is 0.258 e. The van der Waals surface area contributed by atoms with Gasteiger partial charge in [-0.1, -0.05) is 28.1 Å². The minimum absolute atomic E-state index is 0.00125. The summed E-state index contributed by atoms with van der Waals surface area (Å²) in [5, 5.41) is 2.64. The van der Waals surface area contributed by atoms with E-state index in [1.165, 1.54) is 12.1 Å². The van der Waals surface area contributed by atoms with Crippen LogP contribution >= 0.6 is 15.9 Å². The molecule has 0 aliphatic carbocycles. The third kappa shape index (κ3) is 3.39. The third-order valence-corrected chi connectivity index (χ3v) is 3.09. The molecule has 98 valence electrons. The van der Waals surface area contributed by atoms with E-state index in [2.05, 4.69) is 21.2 Å². The summed E-state index contributed by atoms with van der Waals surface area (Å²) in [7, 11) is 0. The van der Waals surface area contributed by atoms with E-state index in [9.17, 15) is 9.18 Å². The molecule has 0 aliphatic heterocycles. The fourth-order valence-electron chi connectivity index (χ4n) is 1.65. The van der Waals surface area contributed by atoms with Crippen molar-refractivity contribution < 1.29 is 9.18 Å². The highest BCUT2D eigenvalue weighted by molar-refractivity contribution is 9.10. The molecule has 0 aliphatic rings. The SMILES string of the molecule is NCc1cccc(NC(=O)c2ccc(Br)cc2F)c1. The van der Waals surface area contributed by atoms with E-state index in [0.29, 0.717) is 16.7 Å². The summed E-state index contributed by atoms with van der Waals surface area (Å²) in [6, 6.07) is 11.4. The van der Waals surface area contributed by atoms with Crippen LogP contribution in [0.4, 0.5) is 10.1 Å². The second-order valence-electron chi connectivity index (χ2n) is 3.98. The summed E-state index contributed by atoms with van der Waals surface area (Å²) in [4.78, 5) is 11.9. The molecule has 0 atom stereocenters. The van der Waals surface area contributed by atoms with Crippen LogP contribution in [0.2, 0.25) is 0 Å². The summed E-state index contributed by atoms with van der Waals surface area (Å²) in [6.45, 7) is 0.385. The first-order valence-electron chi connectivity index (χ1n) is 5.65. The molecule has 2 aromatic carbocycles. The molecule has 2 aromatic rings. The molecule has 3 N–H and O–H groups in total. The average Bonchev–Trinajstić information content (AvgIpc) is 2.38. The number of hydrogen-bond donors (Lipinski definition) is 2. The molecule has 1 amide bonds. The molecule has 0 bridgehead atoms. The molecule has 0 fully saturated rings. The number of amides is 1. The highest BCUT2D eigenvalue weighted by Gasteiger charge is 2.12. The van der Waals surface area contributed by atoms with Crippen molar-refractivity contribution in [2.24, 2.45) is 5.73 Å². The van der Waals surface area contributed by atoms with Gasteiger partial charge in [0, 0.05) is 16.7 Å². The van der Waals surface area contributed by atoms with Gasteiger partial charge in [0.25, 0.3) is 5.91 Å². The van der Waals surface area contributed by atoms with Gasteiger partial charge in [0.2, 0.25) is 0 Å². The quantitative estimate of drug-likeness (QED) is 0.911. The predicted molar refractivity (Wildman–Crippen MR) is 76.4 cm³/mol. The van der Waals surface area contributed by atoms with Gasteiger partial charge in [0.05, 0.1) is 5.56 Å². The van der Waals surface area contributed by atoms with E-state index in [0.717, 1.165) is 5.56 Å². The molecular weight excluding hydrogens is 311 g/mol. The summed E-state index contributed by atoms with van der Waals surface area (Å²) in [5.74, 6) is -1.05. The number of hydrogen-bond acceptors (Lipinski definition) is 2. The van der Waals surface area contributed by atoms with Crippen LogP contribution in [-0.4, -0.2) is 5.91 Å². The van der Waals surface area contributed by atoms with Crippen molar-refractivity contribution in [3.05, 3.63) is 63.9 Å². The number of rotatable bonds is 3. The molecule has 3 nitrogen and oxygen atoms in total. The van der Waals surface area contributed by atoms with Crippen molar-refractivity contribution in [1.29, 1.82) is 0 Å².